The molecule has 0 radical (unpaired) electrons. The Balaban J connectivity index is 1.76. The summed E-state index contributed by atoms with van der Waals surface area (Å²) in [6, 6.07) is 6.60. The van der Waals surface area contributed by atoms with Gasteiger partial charge in [-0.25, -0.2) is 0 Å². The SMILES string of the molecule is Cc1cc(N[C@H]2CCCN(c3cc(C)nn3C)C2)c(C#N)cn1. The zero-order valence-electron chi connectivity index (χ0n) is 13.9. The third kappa shape index (κ3) is 3.29. The molecule has 3 rings (SSSR count). The molecule has 2 aromatic rings. The van der Waals surface area contributed by atoms with Gasteiger partial charge >= 0.3 is 0 Å². The molecule has 0 aromatic carbocycles. The average molecular weight is 310 g/mol. The van der Waals surface area contributed by atoms with Crippen LogP contribution in [-0.4, -0.2) is 33.9 Å². The van der Waals surface area contributed by atoms with Crippen molar-refractivity contribution in [3.63, 3.8) is 0 Å². The normalized spacial score (nSPS) is 17.8. The molecule has 1 aliphatic heterocycles. The maximum atomic E-state index is 9.26. The molecule has 0 aliphatic carbocycles. The second kappa shape index (κ2) is 6.29. The highest BCUT2D eigenvalue weighted by molar-refractivity contribution is 5.58. The summed E-state index contributed by atoms with van der Waals surface area (Å²) in [7, 11) is 1.99. The quantitative estimate of drug-likeness (QED) is 0.942. The minimum Gasteiger partial charge on any atom is -0.379 e. The van der Waals surface area contributed by atoms with Gasteiger partial charge in [0.15, 0.2) is 0 Å². The standard InChI is InChI=1S/C17H22N6/c1-12-7-16(14(9-18)10-19-12)20-15-5-4-6-23(11-15)17-8-13(2)21-22(17)3/h7-8,10,15H,4-6,11H2,1-3H3,(H,19,20)/t15-/m0/s1. The Labute approximate surface area is 136 Å². The van der Waals surface area contributed by atoms with Crippen molar-refractivity contribution in [3.05, 3.63) is 35.3 Å². The lowest BCUT2D eigenvalue weighted by Crippen LogP contribution is -2.43. The van der Waals surface area contributed by atoms with Crippen LogP contribution in [0.15, 0.2) is 18.3 Å². The maximum Gasteiger partial charge on any atom is 0.126 e. The number of nitrogens with zero attached hydrogens (tertiary/aromatic N) is 5. The first-order chi connectivity index (χ1) is 11.1. The van der Waals surface area contributed by atoms with Crippen molar-refractivity contribution in [1.29, 1.82) is 5.26 Å². The number of aromatic nitrogens is 3. The first-order valence-corrected chi connectivity index (χ1v) is 7.95. The first-order valence-electron chi connectivity index (χ1n) is 7.95. The van der Waals surface area contributed by atoms with Gasteiger partial charge in [-0.15, -0.1) is 0 Å². The van der Waals surface area contributed by atoms with Crippen LogP contribution in [0, 0.1) is 25.2 Å². The molecule has 0 amide bonds. The number of pyridine rings is 1. The monoisotopic (exact) mass is 310 g/mol. The minimum absolute atomic E-state index is 0.313. The van der Waals surface area contributed by atoms with Crippen LogP contribution in [0.3, 0.4) is 0 Å². The van der Waals surface area contributed by atoms with E-state index >= 15 is 0 Å². The van der Waals surface area contributed by atoms with Gasteiger partial charge < -0.3 is 10.2 Å². The van der Waals surface area contributed by atoms with Crippen LogP contribution in [-0.2, 0) is 7.05 Å². The largest absolute Gasteiger partial charge is 0.379 e. The van der Waals surface area contributed by atoms with Crippen LogP contribution < -0.4 is 10.2 Å². The van der Waals surface area contributed by atoms with E-state index in [-0.39, 0.29) is 0 Å². The lowest BCUT2D eigenvalue weighted by molar-refractivity contribution is 0.518. The van der Waals surface area contributed by atoms with E-state index in [4.69, 9.17) is 0 Å². The molecule has 6 nitrogen and oxygen atoms in total. The number of piperidine rings is 1. The molecule has 6 heteroatoms. The Hall–Kier alpha value is -2.55. The lowest BCUT2D eigenvalue weighted by Gasteiger charge is -2.35. The average Bonchev–Trinajstić information content (AvgIpc) is 2.86. The van der Waals surface area contributed by atoms with Crippen molar-refractivity contribution < 1.29 is 0 Å². The van der Waals surface area contributed by atoms with Crippen LogP contribution >= 0.6 is 0 Å². The third-order valence-electron chi connectivity index (χ3n) is 4.24. The van der Waals surface area contributed by atoms with Gasteiger partial charge in [0.2, 0.25) is 0 Å². The Kier molecular flexibility index (Phi) is 4.20. The van der Waals surface area contributed by atoms with E-state index in [9.17, 15) is 5.26 Å². The molecule has 120 valence electrons. The second-order valence-electron chi connectivity index (χ2n) is 6.18. The van der Waals surface area contributed by atoms with Gasteiger partial charge in [0.05, 0.1) is 16.9 Å². The fourth-order valence-corrected chi connectivity index (χ4v) is 3.18. The van der Waals surface area contributed by atoms with Crippen molar-refractivity contribution in [3.8, 4) is 6.07 Å². The highest BCUT2D eigenvalue weighted by Crippen LogP contribution is 2.23. The van der Waals surface area contributed by atoms with Crippen molar-refractivity contribution in [2.24, 2.45) is 7.05 Å². The molecule has 1 atom stereocenters. The summed E-state index contributed by atoms with van der Waals surface area (Å²) < 4.78 is 1.94. The summed E-state index contributed by atoms with van der Waals surface area (Å²) in [6.45, 7) is 5.91. The van der Waals surface area contributed by atoms with Gasteiger partial charge in [-0.2, -0.15) is 10.4 Å². The van der Waals surface area contributed by atoms with Crippen molar-refractivity contribution in [1.82, 2.24) is 14.8 Å². The molecule has 3 heterocycles. The predicted molar refractivity (Wildman–Crippen MR) is 90.5 cm³/mol. The number of nitriles is 1. The number of aryl methyl sites for hydroxylation is 3. The smallest absolute Gasteiger partial charge is 0.126 e. The maximum absolute atomic E-state index is 9.26. The summed E-state index contributed by atoms with van der Waals surface area (Å²) in [5.41, 5.74) is 3.44. The second-order valence-corrected chi connectivity index (χ2v) is 6.18. The zero-order valence-corrected chi connectivity index (χ0v) is 13.9. The Bertz CT molecular complexity index is 742. The van der Waals surface area contributed by atoms with Crippen molar-refractivity contribution in [2.75, 3.05) is 23.3 Å². The van der Waals surface area contributed by atoms with Gasteiger partial charge in [-0.05, 0) is 32.8 Å². The summed E-state index contributed by atoms with van der Waals surface area (Å²) in [5.74, 6) is 1.15. The van der Waals surface area contributed by atoms with Gasteiger partial charge in [0.1, 0.15) is 11.9 Å². The van der Waals surface area contributed by atoms with Crippen LogP contribution in [0.25, 0.3) is 0 Å². The molecular weight excluding hydrogens is 288 g/mol. The molecule has 0 bridgehead atoms. The lowest BCUT2D eigenvalue weighted by atomic mass is 10.0. The van der Waals surface area contributed by atoms with Gasteiger partial charge in [0, 0.05) is 44.1 Å². The van der Waals surface area contributed by atoms with E-state index in [0.29, 0.717) is 11.6 Å². The van der Waals surface area contributed by atoms with Crippen LogP contribution in [0.4, 0.5) is 11.5 Å². The Morgan fingerprint density at radius 3 is 2.83 bits per heavy atom. The van der Waals surface area contributed by atoms with E-state index < -0.39 is 0 Å². The number of rotatable bonds is 3. The Morgan fingerprint density at radius 2 is 2.13 bits per heavy atom. The first kappa shape index (κ1) is 15.3. The zero-order chi connectivity index (χ0) is 16.4. The highest BCUT2D eigenvalue weighted by Gasteiger charge is 2.23. The summed E-state index contributed by atoms with van der Waals surface area (Å²) >= 11 is 0. The fourth-order valence-electron chi connectivity index (χ4n) is 3.18. The van der Waals surface area contributed by atoms with Crippen LogP contribution in [0.2, 0.25) is 0 Å². The van der Waals surface area contributed by atoms with Gasteiger partial charge in [-0.3, -0.25) is 9.67 Å². The molecule has 1 aliphatic rings. The molecular formula is C17H22N6. The number of nitrogens with one attached hydrogen (secondary N) is 1. The van der Waals surface area contributed by atoms with Gasteiger partial charge in [0.25, 0.3) is 0 Å². The fraction of sp³-hybridized carbons (Fsp3) is 0.471. The van der Waals surface area contributed by atoms with Crippen LogP contribution in [0.1, 0.15) is 29.8 Å². The molecule has 1 saturated heterocycles. The summed E-state index contributed by atoms with van der Waals surface area (Å²) in [5, 5.41) is 17.2. The summed E-state index contributed by atoms with van der Waals surface area (Å²) in [4.78, 5) is 6.56. The molecule has 23 heavy (non-hydrogen) atoms. The van der Waals surface area contributed by atoms with Crippen molar-refractivity contribution >= 4 is 11.5 Å². The van der Waals surface area contributed by atoms with E-state index in [1.165, 1.54) is 0 Å². The topological polar surface area (TPSA) is 69.8 Å². The molecule has 1 fully saturated rings. The minimum atomic E-state index is 0.313. The third-order valence-corrected chi connectivity index (χ3v) is 4.24. The molecule has 0 spiro atoms. The van der Waals surface area contributed by atoms with Crippen molar-refractivity contribution in [2.45, 2.75) is 32.7 Å². The molecule has 1 N–H and O–H groups in total. The van der Waals surface area contributed by atoms with E-state index in [0.717, 1.165) is 48.8 Å². The number of hydrogen-bond donors (Lipinski definition) is 1. The summed E-state index contributed by atoms with van der Waals surface area (Å²) in [6.07, 6.45) is 3.86. The molecule has 0 saturated carbocycles. The van der Waals surface area contributed by atoms with Gasteiger partial charge in [-0.1, -0.05) is 0 Å². The molecule has 2 aromatic heterocycles. The highest BCUT2D eigenvalue weighted by atomic mass is 15.4. The van der Waals surface area contributed by atoms with E-state index in [1.807, 2.05) is 31.6 Å². The Morgan fingerprint density at radius 1 is 1.30 bits per heavy atom. The van der Waals surface area contributed by atoms with E-state index in [1.54, 1.807) is 6.20 Å². The number of anilines is 2. The predicted octanol–water partition coefficient (Wildman–Crippen LogP) is 2.38. The molecule has 0 unspecified atom stereocenters. The van der Waals surface area contributed by atoms with E-state index in [2.05, 4.69) is 32.4 Å². The number of hydrogen-bond acceptors (Lipinski definition) is 5. The van der Waals surface area contributed by atoms with Crippen LogP contribution in [0.5, 0.6) is 0 Å².